The Morgan fingerprint density at radius 2 is 1.53 bits per heavy atom. The fourth-order valence-electron chi connectivity index (χ4n) is 3.72. The number of benzene rings is 3. The van der Waals surface area contributed by atoms with Gasteiger partial charge < -0.3 is 19.7 Å². The normalized spacial score (nSPS) is 11.6. The molecular weight excluding hydrogens is 459 g/mol. The van der Waals surface area contributed by atoms with Crippen molar-refractivity contribution in [1.29, 1.82) is 0 Å². The van der Waals surface area contributed by atoms with E-state index < -0.39 is 6.04 Å². The molecule has 0 heterocycles. The Labute approximate surface area is 212 Å². The molecule has 3 aromatic rings. The van der Waals surface area contributed by atoms with Crippen LogP contribution in [-0.4, -0.2) is 43.0 Å². The molecular formula is C29H33FN2O4. The summed E-state index contributed by atoms with van der Waals surface area (Å²) in [6.45, 7) is 4.34. The van der Waals surface area contributed by atoms with Gasteiger partial charge in [0.25, 0.3) is 5.91 Å². The Hall–Kier alpha value is -3.87. The molecule has 0 saturated carbocycles. The molecule has 0 saturated heterocycles. The van der Waals surface area contributed by atoms with Crippen LogP contribution in [0.25, 0.3) is 0 Å². The molecule has 3 aromatic carbocycles. The second-order valence-corrected chi connectivity index (χ2v) is 8.93. The van der Waals surface area contributed by atoms with Crippen molar-refractivity contribution >= 4 is 11.8 Å². The first-order valence-electron chi connectivity index (χ1n) is 12.0. The Bertz CT molecular complexity index is 1120. The first kappa shape index (κ1) is 26.7. The van der Waals surface area contributed by atoms with Crippen LogP contribution in [0.15, 0.2) is 78.9 Å². The zero-order chi connectivity index (χ0) is 25.9. The number of amides is 2. The number of rotatable bonds is 12. The van der Waals surface area contributed by atoms with E-state index in [2.05, 4.69) is 5.32 Å². The summed E-state index contributed by atoms with van der Waals surface area (Å²) in [6.07, 6.45) is 0.326. The van der Waals surface area contributed by atoms with Crippen molar-refractivity contribution in [3.63, 3.8) is 0 Å². The van der Waals surface area contributed by atoms with E-state index in [1.165, 1.54) is 24.1 Å². The molecule has 1 N–H and O–H groups in total. The van der Waals surface area contributed by atoms with E-state index in [0.717, 1.165) is 5.56 Å². The quantitative estimate of drug-likeness (QED) is 0.401. The summed E-state index contributed by atoms with van der Waals surface area (Å²) in [6, 6.07) is 21.7. The molecule has 0 aliphatic carbocycles. The molecule has 0 radical (unpaired) electrons. The molecule has 0 bridgehead atoms. The molecule has 0 aliphatic rings. The van der Waals surface area contributed by atoms with Gasteiger partial charge in [0.2, 0.25) is 5.91 Å². The van der Waals surface area contributed by atoms with Gasteiger partial charge in [-0.25, -0.2) is 4.39 Å². The zero-order valence-corrected chi connectivity index (χ0v) is 20.9. The van der Waals surface area contributed by atoms with E-state index in [1.807, 2.05) is 50.2 Å². The zero-order valence-electron chi connectivity index (χ0n) is 20.9. The van der Waals surface area contributed by atoms with Crippen molar-refractivity contribution in [2.24, 2.45) is 5.92 Å². The number of carbonyl (C=O) groups is 2. The van der Waals surface area contributed by atoms with E-state index in [-0.39, 0.29) is 36.7 Å². The Morgan fingerprint density at radius 3 is 2.17 bits per heavy atom. The standard InChI is InChI=1S/C29H33FN2O4/c1-21(2)18-31-29(34)25(17-22-9-5-4-6-10-22)32(19-23-13-15-24(30)16-14-23)28(33)20-36-27-12-8-7-11-26(27)35-3/h4-16,21,25H,17-20H2,1-3H3,(H,31,34)/t25-/m0/s1. The minimum Gasteiger partial charge on any atom is -0.493 e. The Kier molecular flexibility index (Phi) is 9.86. The number of carbonyl (C=O) groups excluding carboxylic acids is 2. The second kappa shape index (κ2) is 13.3. The number of nitrogens with zero attached hydrogens (tertiary/aromatic N) is 1. The van der Waals surface area contributed by atoms with Crippen LogP contribution in [0.3, 0.4) is 0 Å². The molecule has 1 atom stereocenters. The lowest BCUT2D eigenvalue weighted by atomic mass is 10.0. The maximum Gasteiger partial charge on any atom is 0.261 e. The SMILES string of the molecule is COc1ccccc1OCC(=O)N(Cc1ccc(F)cc1)[C@@H](Cc1ccccc1)C(=O)NCC(C)C. The smallest absolute Gasteiger partial charge is 0.261 e. The molecule has 3 rings (SSSR count). The summed E-state index contributed by atoms with van der Waals surface area (Å²) < 4.78 is 24.6. The topological polar surface area (TPSA) is 67.9 Å². The number of hydrogen-bond acceptors (Lipinski definition) is 4. The Morgan fingerprint density at radius 1 is 0.889 bits per heavy atom. The van der Waals surface area contributed by atoms with Crippen molar-refractivity contribution in [2.45, 2.75) is 32.9 Å². The van der Waals surface area contributed by atoms with Gasteiger partial charge in [-0.05, 0) is 41.3 Å². The molecule has 6 nitrogen and oxygen atoms in total. The fraction of sp³-hybridized carbons (Fsp3) is 0.310. The van der Waals surface area contributed by atoms with Crippen LogP contribution in [0.1, 0.15) is 25.0 Å². The van der Waals surface area contributed by atoms with E-state index >= 15 is 0 Å². The highest BCUT2D eigenvalue weighted by Gasteiger charge is 2.31. The second-order valence-electron chi connectivity index (χ2n) is 8.93. The number of nitrogens with one attached hydrogen (secondary N) is 1. The Balaban J connectivity index is 1.90. The van der Waals surface area contributed by atoms with Crippen molar-refractivity contribution in [3.05, 3.63) is 95.8 Å². The lowest BCUT2D eigenvalue weighted by molar-refractivity contribution is -0.142. The van der Waals surface area contributed by atoms with Crippen molar-refractivity contribution in [3.8, 4) is 11.5 Å². The van der Waals surface area contributed by atoms with Crippen LogP contribution in [0.4, 0.5) is 4.39 Å². The average molecular weight is 493 g/mol. The summed E-state index contributed by atoms with van der Waals surface area (Å²) in [7, 11) is 1.53. The monoisotopic (exact) mass is 492 g/mol. The van der Waals surface area contributed by atoms with E-state index in [0.29, 0.717) is 30.0 Å². The average Bonchev–Trinajstić information content (AvgIpc) is 2.89. The van der Waals surface area contributed by atoms with Crippen LogP contribution < -0.4 is 14.8 Å². The van der Waals surface area contributed by atoms with Crippen LogP contribution >= 0.6 is 0 Å². The summed E-state index contributed by atoms with van der Waals surface area (Å²) in [5.41, 5.74) is 1.63. The molecule has 36 heavy (non-hydrogen) atoms. The van der Waals surface area contributed by atoms with Crippen molar-refractivity contribution in [1.82, 2.24) is 10.2 Å². The van der Waals surface area contributed by atoms with E-state index in [4.69, 9.17) is 9.47 Å². The lowest BCUT2D eigenvalue weighted by Crippen LogP contribution is -2.52. The highest BCUT2D eigenvalue weighted by atomic mass is 19.1. The van der Waals surface area contributed by atoms with Crippen molar-refractivity contribution < 1.29 is 23.5 Å². The number of para-hydroxylation sites is 2. The first-order chi connectivity index (χ1) is 17.4. The van der Waals surface area contributed by atoms with Crippen molar-refractivity contribution in [2.75, 3.05) is 20.3 Å². The third kappa shape index (κ3) is 7.83. The molecule has 190 valence electrons. The van der Waals surface area contributed by atoms with Gasteiger partial charge in [-0.1, -0.05) is 68.4 Å². The fourth-order valence-corrected chi connectivity index (χ4v) is 3.72. The summed E-state index contributed by atoms with van der Waals surface area (Å²) in [5.74, 6) is 0.198. The van der Waals surface area contributed by atoms with Gasteiger partial charge in [0.1, 0.15) is 11.9 Å². The van der Waals surface area contributed by atoms with Gasteiger partial charge in [-0.15, -0.1) is 0 Å². The molecule has 0 spiro atoms. The van der Waals surface area contributed by atoms with Gasteiger partial charge in [-0.3, -0.25) is 9.59 Å². The first-order valence-corrected chi connectivity index (χ1v) is 12.0. The summed E-state index contributed by atoms with van der Waals surface area (Å²) in [4.78, 5) is 28.5. The third-order valence-corrected chi connectivity index (χ3v) is 5.64. The van der Waals surface area contributed by atoms with E-state index in [9.17, 15) is 14.0 Å². The van der Waals surface area contributed by atoms with Gasteiger partial charge in [0, 0.05) is 19.5 Å². The van der Waals surface area contributed by atoms with Crippen LogP contribution in [-0.2, 0) is 22.6 Å². The maximum atomic E-state index is 13.6. The highest BCUT2D eigenvalue weighted by molar-refractivity contribution is 5.88. The van der Waals surface area contributed by atoms with Crippen LogP contribution in [0, 0.1) is 11.7 Å². The highest BCUT2D eigenvalue weighted by Crippen LogP contribution is 2.26. The minimum absolute atomic E-state index is 0.126. The number of methoxy groups -OCH3 is 1. The molecule has 7 heteroatoms. The summed E-state index contributed by atoms with van der Waals surface area (Å²) >= 11 is 0. The molecule has 0 unspecified atom stereocenters. The predicted molar refractivity (Wildman–Crippen MR) is 137 cm³/mol. The minimum atomic E-state index is -0.787. The number of ether oxygens (including phenoxy) is 2. The number of halogens is 1. The largest absolute Gasteiger partial charge is 0.493 e. The van der Waals surface area contributed by atoms with Crippen LogP contribution in [0.2, 0.25) is 0 Å². The van der Waals surface area contributed by atoms with Gasteiger partial charge in [0.05, 0.1) is 7.11 Å². The van der Waals surface area contributed by atoms with Gasteiger partial charge in [0.15, 0.2) is 18.1 Å². The summed E-state index contributed by atoms with van der Waals surface area (Å²) in [5, 5.41) is 2.97. The number of hydrogen-bond donors (Lipinski definition) is 1. The van der Waals surface area contributed by atoms with Crippen LogP contribution in [0.5, 0.6) is 11.5 Å². The third-order valence-electron chi connectivity index (χ3n) is 5.64. The van der Waals surface area contributed by atoms with Gasteiger partial charge in [-0.2, -0.15) is 0 Å². The predicted octanol–water partition coefficient (Wildman–Crippen LogP) is 4.63. The molecule has 2 amide bonds. The lowest BCUT2D eigenvalue weighted by Gasteiger charge is -2.31. The molecule has 0 aliphatic heterocycles. The van der Waals surface area contributed by atoms with E-state index in [1.54, 1.807) is 30.3 Å². The molecule has 0 fully saturated rings. The maximum absolute atomic E-state index is 13.6. The van der Waals surface area contributed by atoms with Gasteiger partial charge >= 0.3 is 0 Å². The molecule has 0 aromatic heterocycles.